The minimum Gasteiger partial charge on any atom is -0.260 e. The lowest BCUT2D eigenvalue weighted by atomic mass is 10.8. The van der Waals surface area contributed by atoms with Crippen LogP contribution in [0.25, 0.3) is 0 Å². The molecule has 0 aromatic carbocycles. The predicted molar refractivity (Wildman–Crippen MR) is 38.6 cm³/mol. The molecule has 1 aromatic heterocycles. The highest BCUT2D eigenvalue weighted by Crippen LogP contribution is 2.13. The van der Waals surface area contributed by atoms with E-state index < -0.39 is 0 Å². The van der Waals surface area contributed by atoms with Crippen molar-refractivity contribution in [2.24, 2.45) is 0 Å². The summed E-state index contributed by atoms with van der Waals surface area (Å²) < 4.78 is 0. The normalized spacial score (nSPS) is 9.44. The van der Waals surface area contributed by atoms with Crippen LogP contribution in [0.4, 0.5) is 0 Å². The van der Waals surface area contributed by atoms with Crippen LogP contribution >= 0.6 is 23.4 Å². The molecule has 48 valence electrons. The zero-order valence-electron chi connectivity index (χ0n) is 4.62. The average molecular weight is 161 g/mol. The molecule has 0 spiro atoms. The quantitative estimate of drug-likeness (QED) is 0.487. The fourth-order valence-electron chi connectivity index (χ4n) is 0.416. The fraction of sp³-hybridized carbons (Fsp3) is 0.200. The van der Waals surface area contributed by atoms with Crippen molar-refractivity contribution >= 4 is 23.4 Å². The van der Waals surface area contributed by atoms with Gasteiger partial charge in [-0.3, -0.25) is 4.98 Å². The average Bonchev–Trinajstić information content (AvgIpc) is 1.91. The fourth-order valence-corrected chi connectivity index (χ4v) is 1.13. The molecule has 0 aliphatic heterocycles. The highest BCUT2D eigenvalue weighted by atomic mass is 35.5. The molecule has 0 aliphatic rings. The zero-order chi connectivity index (χ0) is 6.53. The molecular formula is C5H5ClN2S. The summed E-state index contributed by atoms with van der Waals surface area (Å²) in [5.41, 5.74) is 0. The van der Waals surface area contributed by atoms with Crippen LogP contribution in [0.15, 0.2) is 23.6 Å². The minimum absolute atomic E-state index is 0.526. The lowest BCUT2D eigenvalue weighted by molar-refractivity contribution is 1.06. The Morgan fingerprint density at radius 2 is 2.44 bits per heavy atom. The first kappa shape index (κ1) is 6.83. The first-order chi connectivity index (χ1) is 4.43. The number of aromatic nitrogens is 2. The van der Waals surface area contributed by atoms with Crippen LogP contribution in [-0.4, -0.2) is 15.2 Å². The second kappa shape index (κ2) is 3.69. The Labute approximate surface area is 62.7 Å². The van der Waals surface area contributed by atoms with Crippen molar-refractivity contribution in [2.45, 2.75) is 5.03 Å². The van der Waals surface area contributed by atoms with E-state index in [1.807, 2.05) is 0 Å². The molecule has 0 radical (unpaired) electrons. The Bertz CT molecular complexity index is 168. The molecule has 1 aromatic rings. The Balaban J connectivity index is 2.61. The van der Waals surface area contributed by atoms with Crippen LogP contribution in [0.1, 0.15) is 0 Å². The zero-order valence-corrected chi connectivity index (χ0v) is 6.19. The molecule has 0 saturated carbocycles. The summed E-state index contributed by atoms with van der Waals surface area (Å²) in [6.45, 7) is 0. The summed E-state index contributed by atoms with van der Waals surface area (Å²) in [4.78, 5) is 7.85. The van der Waals surface area contributed by atoms with E-state index in [1.54, 1.807) is 18.6 Å². The van der Waals surface area contributed by atoms with Gasteiger partial charge in [0.05, 0.1) is 11.4 Å². The highest BCUT2D eigenvalue weighted by molar-refractivity contribution is 8.00. The molecule has 2 nitrogen and oxygen atoms in total. The lowest BCUT2D eigenvalue weighted by Crippen LogP contribution is -1.78. The number of alkyl halides is 1. The molecule has 1 heterocycles. The third-order valence-electron chi connectivity index (χ3n) is 0.742. The van der Waals surface area contributed by atoms with Crippen molar-refractivity contribution in [3.05, 3.63) is 18.6 Å². The number of nitrogens with zero attached hydrogens (tertiary/aromatic N) is 2. The molecule has 0 aliphatic carbocycles. The van der Waals surface area contributed by atoms with Gasteiger partial charge in [-0.15, -0.1) is 11.6 Å². The third-order valence-corrected chi connectivity index (χ3v) is 1.68. The summed E-state index contributed by atoms with van der Waals surface area (Å²) in [7, 11) is 0. The van der Waals surface area contributed by atoms with Crippen molar-refractivity contribution in [1.82, 2.24) is 9.97 Å². The van der Waals surface area contributed by atoms with Crippen molar-refractivity contribution in [2.75, 3.05) is 5.21 Å². The molecule has 0 bridgehead atoms. The van der Waals surface area contributed by atoms with Crippen LogP contribution in [0, 0.1) is 0 Å². The van der Waals surface area contributed by atoms with E-state index in [0.29, 0.717) is 5.21 Å². The van der Waals surface area contributed by atoms with Gasteiger partial charge in [-0.2, -0.15) is 0 Å². The van der Waals surface area contributed by atoms with Crippen LogP contribution in [0.5, 0.6) is 0 Å². The Kier molecular flexibility index (Phi) is 2.80. The summed E-state index contributed by atoms with van der Waals surface area (Å²) in [6, 6.07) is 0. The number of hydrogen-bond acceptors (Lipinski definition) is 3. The van der Waals surface area contributed by atoms with Crippen molar-refractivity contribution in [3.63, 3.8) is 0 Å². The Morgan fingerprint density at radius 1 is 1.56 bits per heavy atom. The van der Waals surface area contributed by atoms with Gasteiger partial charge in [-0.05, 0) is 0 Å². The van der Waals surface area contributed by atoms with Gasteiger partial charge in [0.1, 0.15) is 5.03 Å². The monoisotopic (exact) mass is 160 g/mol. The maximum absolute atomic E-state index is 5.43. The molecule has 4 heteroatoms. The van der Waals surface area contributed by atoms with Gasteiger partial charge >= 0.3 is 0 Å². The Morgan fingerprint density at radius 3 is 3.00 bits per heavy atom. The predicted octanol–water partition coefficient (Wildman–Crippen LogP) is 1.76. The van der Waals surface area contributed by atoms with Gasteiger partial charge in [0.25, 0.3) is 0 Å². The Hall–Kier alpha value is -0.280. The summed E-state index contributed by atoms with van der Waals surface area (Å²) in [6.07, 6.45) is 4.97. The highest BCUT2D eigenvalue weighted by Gasteiger charge is 1.88. The smallest absolute Gasteiger partial charge is 0.115 e. The van der Waals surface area contributed by atoms with Crippen molar-refractivity contribution < 1.29 is 0 Å². The molecule has 0 fully saturated rings. The van der Waals surface area contributed by atoms with E-state index >= 15 is 0 Å². The molecular weight excluding hydrogens is 156 g/mol. The van der Waals surface area contributed by atoms with Crippen molar-refractivity contribution in [1.29, 1.82) is 0 Å². The van der Waals surface area contributed by atoms with E-state index in [9.17, 15) is 0 Å². The molecule has 0 unspecified atom stereocenters. The van der Waals surface area contributed by atoms with E-state index in [-0.39, 0.29) is 0 Å². The largest absolute Gasteiger partial charge is 0.260 e. The number of hydrogen-bond donors (Lipinski definition) is 0. The number of rotatable bonds is 2. The maximum Gasteiger partial charge on any atom is 0.115 e. The summed E-state index contributed by atoms with van der Waals surface area (Å²) >= 11 is 6.90. The first-order valence-electron chi connectivity index (χ1n) is 2.38. The summed E-state index contributed by atoms with van der Waals surface area (Å²) in [5.74, 6) is 0. The third kappa shape index (κ3) is 2.20. The molecule has 9 heavy (non-hydrogen) atoms. The second-order valence-corrected chi connectivity index (χ2v) is 2.88. The van der Waals surface area contributed by atoms with Crippen LogP contribution in [-0.2, 0) is 0 Å². The molecule has 0 N–H and O–H groups in total. The van der Waals surface area contributed by atoms with Crippen LogP contribution in [0.2, 0.25) is 0 Å². The minimum atomic E-state index is 0.526. The molecule has 0 amide bonds. The van der Waals surface area contributed by atoms with Gasteiger partial charge < -0.3 is 0 Å². The van der Waals surface area contributed by atoms with Crippen LogP contribution < -0.4 is 0 Å². The number of halogens is 1. The molecule has 1 rings (SSSR count). The topological polar surface area (TPSA) is 25.8 Å². The van der Waals surface area contributed by atoms with E-state index in [1.165, 1.54) is 11.8 Å². The van der Waals surface area contributed by atoms with Crippen molar-refractivity contribution in [3.8, 4) is 0 Å². The lowest BCUT2D eigenvalue weighted by Gasteiger charge is -1.90. The SMILES string of the molecule is ClCSc1cnccn1. The summed E-state index contributed by atoms with van der Waals surface area (Å²) in [5, 5.41) is 1.39. The van der Waals surface area contributed by atoms with E-state index in [4.69, 9.17) is 11.6 Å². The van der Waals surface area contributed by atoms with Gasteiger partial charge in [0, 0.05) is 12.4 Å². The molecule has 0 atom stereocenters. The first-order valence-corrected chi connectivity index (χ1v) is 3.90. The van der Waals surface area contributed by atoms with Crippen LogP contribution in [0.3, 0.4) is 0 Å². The molecule has 0 saturated heterocycles. The standard InChI is InChI=1S/C5H5ClN2S/c6-4-9-5-3-7-1-2-8-5/h1-3H,4H2. The number of thioether (sulfide) groups is 1. The second-order valence-electron chi connectivity index (χ2n) is 1.30. The van der Waals surface area contributed by atoms with Gasteiger partial charge in [0.15, 0.2) is 0 Å². The van der Waals surface area contributed by atoms with Gasteiger partial charge in [0.2, 0.25) is 0 Å². The van der Waals surface area contributed by atoms with Gasteiger partial charge in [-0.25, -0.2) is 4.98 Å². The van der Waals surface area contributed by atoms with E-state index in [2.05, 4.69) is 9.97 Å². The van der Waals surface area contributed by atoms with Gasteiger partial charge in [-0.1, -0.05) is 11.8 Å². The maximum atomic E-state index is 5.43. The van der Waals surface area contributed by atoms with E-state index in [0.717, 1.165) is 5.03 Å².